The van der Waals surface area contributed by atoms with Crippen molar-refractivity contribution in [3.05, 3.63) is 34.6 Å². The lowest BCUT2D eigenvalue weighted by molar-refractivity contribution is -0.119. The van der Waals surface area contributed by atoms with Crippen molar-refractivity contribution in [3.63, 3.8) is 0 Å². The molecule has 0 unspecified atom stereocenters. The number of hydrogen-bond acceptors (Lipinski definition) is 5. The van der Waals surface area contributed by atoms with E-state index in [9.17, 15) is 9.59 Å². The van der Waals surface area contributed by atoms with Crippen molar-refractivity contribution in [2.75, 3.05) is 18.9 Å². The maximum absolute atomic E-state index is 12.8. The number of ether oxygens (including phenoxy) is 1. The van der Waals surface area contributed by atoms with Gasteiger partial charge in [0, 0.05) is 19.7 Å². The van der Waals surface area contributed by atoms with Crippen molar-refractivity contribution in [3.8, 4) is 0 Å². The Morgan fingerprint density at radius 1 is 1.42 bits per heavy atom. The van der Waals surface area contributed by atoms with Crippen LogP contribution < -0.4 is 10.9 Å². The Kier molecular flexibility index (Phi) is 6.32. The Morgan fingerprint density at radius 3 is 2.96 bits per heavy atom. The highest BCUT2D eigenvalue weighted by molar-refractivity contribution is 7.99. The first-order chi connectivity index (χ1) is 12.5. The van der Waals surface area contributed by atoms with Gasteiger partial charge in [0.15, 0.2) is 5.16 Å². The van der Waals surface area contributed by atoms with Crippen LogP contribution in [0.15, 0.2) is 34.2 Å². The number of benzene rings is 1. The van der Waals surface area contributed by atoms with Crippen LogP contribution in [-0.4, -0.2) is 40.5 Å². The van der Waals surface area contributed by atoms with Gasteiger partial charge in [-0.25, -0.2) is 4.98 Å². The predicted molar refractivity (Wildman–Crippen MR) is 104 cm³/mol. The molecule has 1 aromatic carbocycles. The zero-order valence-corrected chi connectivity index (χ0v) is 16.1. The molecule has 0 saturated carbocycles. The summed E-state index contributed by atoms with van der Waals surface area (Å²) in [5, 5.41) is 4.11. The van der Waals surface area contributed by atoms with Crippen molar-refractivity contribution in [1.82, 2.24) is 14.9 Å². The number of fused-ring (bicyclic) bond motifs is 1. The Morgan fingerprint density at radius 2 is 2.23 bits per heavy atom. The summed E-state index contributed by atoms with van der Waals surface area (Å²) in [5.41, 5.74) is 0.617. The summed E-state index contributed by atoms with van der Waals surface area (Å²) in [4.78, 5) is 29.6. The minimum absolute atomic E-state index is 0.0495. The summed E-state index contributed by atoms with van der Waals surface area (Å²) in [6, 6.07) is 7.34. The molecule has 1 aromatic heterocycles. The first-order valence-corrected chi connectivity index (χ1v) is 10.0. The smallest absolute Gasteiger partial charge is 0.262 e. The van der Waals surface area contributed by atoms with E-state index in [1.54, 1.807) is 10.6 Å². The summed E-state index contributed by atoms with van der Waals surface area (Å²) in [5.74, 6) is 0.475. The van der Waals surface area contributed by atoms with Gasteiger partial charge in [0.2, 0.25) is 5.91 Å². The monoisotopic (exact) mass is 375 g/mol. The lowest BCUT2D eigenvalue weighted by Crippen LogP contribution is -2.33. The van der Waals surface area contributed by atoms with E-state index in [4.69, 9.17) is 4.74 Å². The van der Waals surface area contributed by atoms with Gasteiger partial charge in [-0.3, -0.25) is 14.2 Å². The van der Waals surface area contributed by atoms with Crippen LogP contribution in [-0.2, 0) is 16.1 Å². The molecular weight excluding hydrogens is 350 g/mol. The van der Waals surface area contributed by atoms with Gasteiger partial charge in [-0.05, 0) is 30.9 Å². The molecule has 140 valence electrons. The van der Waals surface area contributed by atoms with E-state index >= 15 is 0 Å². The molecule has 6 nitrogen and oxygen atoms in total. The largest absolute Gasteiger partial charge is 0.376 e. The van der Waals surface area contributed by atoms with Gasteiger partial charge >= 0.3 is 0 Å². The van der Waals surface area contributed by atoms with Crippen LogP contribution in [0.4, 0.5) is 0 Å². The minimum Gasteiger partial charge on any atom is -0.376 e. The van der Waals surface area contributed by atoms with E-state index < -0.39 is 0 Å². The SMILES string of the molecule is CC(C)Cn1c(SCC(=O)NC[C@H]2CCCO2)nc2ccccc2c1=O. The standard InChI is InChI=1S/C19H25N3O3S/c1-13(2)11-22-18(24)15-7-3-4-8-16(15)21-19(22)26-12-17(23)20-10-14-6-5-9-25-14/h3-4,7-8,13-14H,5-6,9-12H2,1-2H3,(H,20,23)/t14-/m1/s1. The maximum atomic E-state index is 12.8. The molecule has 0 radical (unpaired) electrons. The summed E-state index contributed by atoms with van der Waals surface area (Å²) in [7, 11) is 0. The second-order valence-electron chi connectivity index (χ2n) is 6.95. The van der Waals surface area contributed by atoms with Gasteiger partial charge in [0.25, 0.3) is 5.56 Å². The van der Waals surface area contributed by atoms with E-state index in [0.717, 1.165) is 19.4 Å². The molecule has 0 aliphatic carbocycles. The van der Waals surface area contributed by atoms with Crippen LogP contribution in [0.5, 0.6) is 0 Å². The lowest BCUT2D eigenvalue weighted by atomic mass is 10.2. The fraction of sp³-hybridized carbons (Fsp3) is 0.526. The molecule has 2 aromatic rings. The number of carbonyl (C=O) groups is 1. The van der Waals surface area contributed by atoms with Gasteiger partial charge in [-0.2, -0.15) is 0 Å². The highest BCUT2D eigenvalue weighted by Crippen LogP contribution is 2.19. The van der Waals surface area contributed by atoms with Crippen LogP contribution >= 0.6 is 11.8 Å². The van der Waals surface area contributed by atoms with Crippen molar-refractivity contribution < 1.29 is 9.53 Å². The average Bonchev–Trinajstić information content (AvgIpc) is 3.14. The van der Waals surface area contributed by atoms with Crippen LogP contribution in [0.25, 0.3) is 10.9 Å². The first kappa shape index (κ1) is 18.9. The van der Waals surface area contributed by atoms with Gasteiger partial charge in [0.05, 0.1) is 22.8 Å². The summed E-state index contributed by atoms with van der Waals surface area (Å²) in [6.07, 6.45) is 2.17. The number of nitrogens with one attached hydrogen (secondary N) is 1. The quantitative estimate of drug-likeness (QED) is 0.594. The molecule has 1 aliphatic rings. The Balaban J connectivity index is 1.73. The fourth-order valence-corrected chi connectivity index (χ4v) is 3.84. The van der Waals surface area contributed by atoms with E-state index in [1.165, 1.54) is 11.8 Å². The zero-order valence-electron chi connectivity index (χ0n) is 15.2. The molecule has 0 spiro atoms. The zero-order chi connectivity index (χ0) is 18.5. The summed E-state index contributed by atoms with van der Waals surface area (Å²) < 4.78 is 7.20. The third-order valence-electron chi connectivity index (χ3n) is 4.26. The number of hydrogen-bond donors (Lipinski definition) is 1. The molecule has 1 N–H and O–H groups in total. The van der Waals surface area contributed by atoms with E-state index in [0.29, 0.717) is 35.1 Å². The van der Waals surface area contributed by atoms with Crippen LogP contribution in [0.2, 0.25) is 0 Å². The predicted octanol–water partition coefficient (Wildman–Crippen LogP) is 2.44. The van der Waals surface area contributed by atoms with Crippen molar-refractivity contribution in [2.45, 2.75) is 44.5 Å². The topological polar surface area (TPSA) is 73.2 Å². The number of thioether (sulfide) groups is 1. The van der Waals surface area contributed by atoms with Crippen molar-refractivity contribution in [2.24, 2.45) is 5.92 Å². The number of rotatable bonds is 7. The molecule has 0 bridgehead atoms. The fourth-order valence-electron chi connectivity index (χ4n) is 3.00. The normalized spacial score (nSPS) is 17.1. The highest BCUT2D eigenvalue weighted by atomic mass is 32.2. The van der Waals surface area contributed by atoms with E-state index in [2.05, 4.69) is 24.1 Å². The number of carbonyl (C=O) groups excluding carboxylic acids is 1. The average molecular weight is 375 g/mol. The number of aromatic nitrogens is 2. The molecule has 1 saturated heterocycles. The Labute approximate surface area is 157 Å². The van der Waals surface area contributed by atoms with Crippen LogP contribution in [0, 0.1) is 5.92 Å². The Hall–Kier alpha value is -1.86. The molecule has 1 fully saturated rings. The lowest BCUT2D eigenvalue weighted by Gasteiger charge is -2.15. The molecule has 2 heterocycles. The van der Waals surface area contributed by atoms with Crippen LogP contribution in [0.3, 0.4) is 0 Å². The van der Waals surface area contributed by atoms with E-state index in [1.807, 2.05) is 18.2 Å². The molecule has 3 rings (SSSR count). The third kappa shape index (κ3) is 4.65. The number of para-hydroxylation sites is 1. The maximum Gasteiger partial charge on any atom is 0.262 e. The third-order valence-corrected chi connectivity index (χ3v) is 5.23. The van der Waals surface area contributed by atoms with Gasteiger partial charge in [-0.1, -0.05) is 37.7 Å². The number of nitrogens with zero attached hydrogens (tertiary/aromatic N) is 2. The minimum atomic E-state index is -0.0657. The number of amides is 1. The van der Waals surface area contributed by atoms with Gasteiger partial charge < -0.3 is 10.1 Å². The Bertz CT molecular complexity index is 828. The summed E-state index contributed by atoms with van der Waals surface area (Å²) >= 11 is 1.31. The van der Waals surface area contributed by atoms with E-state index in [-0.39, 0.29) is 23.3 Å². The second kappa shape index (κ2) is 8.68. The molecular formula is C19H25N3O3S. The van der Waals surface area contributed by atoms with Gasteiger partial charge in [0.1, 0.15) is 0 Å². The van der Waals surface area contributed by atoms with Crippen molar-refractivity contribution in [1.29, 1.82) is 0 Å². The molecule has 26 heavy (non-hydrogen) atoms. The summed E-state index contributed by atoms with van der Waals surface area (Å²) in [6.45, 7) is 6.02. The highest BCUT2D eigenvalue weighted by Gasteiger charge is 2.17. The second-order valence-corrected chi connectivity index (χ2v) is 7.89. The molecule has 7 heteroatoms. The molecule has 1 amide bonds. The molecule has 1 aliphatic heterocycles. The van der Waals surface area contributed by atoms with Crippen LogP contribution in [0.1, 0.15) is 26.7 Å². The van der Waals surface area contributed by atoms with Gasteiger partial charge in [-0.15, -0.1) is 0 Å². The van der Waals surface area contributed by atoms with Crippen molar-refractivity contribution >= 4 is 28.6 Å². The first-order valence-electron chi connectivity index (χ1n) is 9.05. The molecule has 1 atom stereocenters.